The van der Waals surface area contributed by atoms with E-state index in [1.807, 2.05) is 12.4 Å². The van der Waals surface area contributed by atoms with Gasteiger partial charge in [-0.1, -0.05) is 0 Å². The quantitative estimate of drug-likeness (QED) is 0.663. The van der Waals surface area contributed by atoms with E-state index < -0.39 is 0 Å². The van der Waals surface area contributed by atoms with Crippen LogP contribution in [0, 0.1) is 0 Å². The van der Waals surface area contributed by atoms with Crippen molar-refractivity contribution >= 4 is 5.95 Å². The van der Waals surface area contributed by atoms with Crippen molar-refractivity contribution in [2.24, 2.45) is 0 Å². The van der Waals surface area contributed by atoms with Crippen LogP contribution in [0.5, 0.6) is 0 Å². The first-order valence-electron chi connectivity index (χ1n) is 4.33. The molecule has 0 saturated carbocycles. The zero-order chi connectivity index (χ0) is 8.55. The highest BCUT2D eigenvalue weighted by Gasteiger charge is 2.18. The minimum absolute atomic E-state index is 0.450. The third-order valence-electron chi connectivity index (χ3n) is 2.06. The zero-order valence-electron chi connectivity index (χ0n) is 7.49. The summed E-state index contributed by atoms with van der Waals surface area (Å²) in [5, 5.41) is 2.10. The Bertz CT molecular complexity index is 266. The van der Waals surface area contributed by atoms with Crippen LogP contribution < -0.4 is 10.4 Å². The molecule has 0 spiro atoms. The normalized spacial score (nSPS) is 16.8. The summed E-state index contributed by atoms with van der Waals surface area (Å²) in [6.45, 7) is 6.30. The van der Waals surface area contributed by atoms with E-state index in [1.165, 1.54) is 0 Å². The fourth-order valence-corrected chi connectivity index (χ4v) is 1.47. The van der Waals surface area contributed by atoms with E-state index in [1.54, 1.807) is 0 Å². The summed E-state index contributed by atoms with van der Waals surface area (Å²) in [4.78, 5) is 4.29. The summed E-state index contributed by atoms with van der Waals surface area (Å²) in [5.74, 6) is 1.02. The van der Waals surface area contributed by atoms with Gasteiger partial charge >= 0.3 is 0 Å². The third-order valence-corrected chi connectivity index (χ3v) is 2.06. The molecule has 4 heteroatoms. The number of anilines is 1. The average molecular weight is 166 g/mol. The molecule has 0 fully saturated rings. The minimum atomic E-state index is 0.450. The van der Waals surface area contributed by atoms with Crippen molar-refractivity contribution in [1.82, 2.24) is 15.0 Å². The molecule has 0 unspecified atom stereocenters. The lowest BCUT2D eigenvalue weighted by molar-refractivity contribution is 0.465. The van der Waals surface area contributed by atoms with Gasteiger partial charge in [-0.2, -0.15) is 0 Å². The first-order chi connectivity index (χ1) is 5.79. The Kier molecular flexibility index (Phi) is 1.77. The molecular weight excluding hydrogens is 152 g/mol. The smallest absolute Gasteiger partial charge is 0.220 e. The lowest BCUT2D eigenvalue weighted by atomic mass is 10.4. The molecule has 4 nitrogen and oxygen atoms in total. The number of hydrazine groups is 1. The molecule has 0 atom stereocenters. The van der Waals surface area contributed by atoms with Gasteiger partial charge in [-0.15, -0.1) is 0 Å². The molecule has 0 bridgehead atoms. The topological polar surface area (TPSA) is 33.1 Å². The van der Waals surface area contributed by atoms with Crippen LogP contribution in [0.1, 0.15) is 13.8 Å². The highest BCUT2D eigenvalue weighted by Crippen LogP contribution is 2.14. The van der Waals surface area contributed by atoms with Gasteiger partial charge in [-0.25, -0.2) is 10.4 Å². The van der Waals surface area contributed by atoms with E-state index in [2.05, 4.69) is 33.8 Å². The number of nitrogens with zero attached hydrogens (tertiary/aromatic N) is 3. The van der Waals surface area contributed by atoms with Gasteiger partial charge in [0.2, 0.25) is 5.95 Å². The van der Waals surface area contributed by atoms with Crippen LogP contribution in [0.4, 0.5) is 5.95 Å². The van der Waals surface area contributed by atoms with Crippen molar-refractivity contribution in [3.05, 3.63) is 12.4 Å². The first-order valence-corrected chi connectivity index (χ1v) is 4.33. The molecule has 66 valence electrons. The molecule has 0 radical (unpaired) electrons. The van der Waals surface area contributed by atoms with E-state index >= 15 is 0 Å². The van der Waals surface area contributed by atoms with Crippen LogP contribution in [0.2, 0.25) is 0 Å². The van der Waals surface area contributed by atoms with E-state index in [0.29, 0.717) is 6.04 Å². The maximum atomic E-state index is 4.29. The maximum absolute atomic E-state index is 4.29. The summed E-state index contributed by atoms with van der Waals surface area (Å²) in [5.41, 5.74) is 3.31. The molecule has 0 amide bonds. The van der Waals surface area contributed by atoms with Crippen LogP contribution in [0.25, 0.3) is 0 Å². The molecule has 1 N–H and O–H groups in total. The molecule has 0 aliphatic carbocycles. The molecule has 0 saturated heterocycles. The van der Waals surface area contributed by atoms with Crippen LogP contribution in [0.15, 0.2) is 12.4 Å². The molecule has 2 rings (SSSR count). The van der Waals surface area contributed by atoms with E-state index in [9.17, 15) is 0 Å². The SMILES string of the molecule is CC(C)N1NCCn2ccnc21. The van der Waals surface area contributed by atoms with Crippen LogP contribution in [-0.2, 0) is 6.54 Å². The maximum Gasteiger partial charge on any atom is 0.220 e. The number of hydrogen-bond donors (Lipinski definition) is 1. The summed E-state index contributed by atoms with van der Waals surface area (Å²) in [6.07, 6.45) is 3.86. The average Bonchev–Trinajstić information content (AvgIpc) is 2.49. The van der Waals surface area contributed by atoms with Crippen molar-refractivity contribution < 1.29 is 0 Å². The van der Waals surface area contributed by atoms with Gasteiger partial charge in [-0.05, 0) is 13.8 Å². The van der Waals surface area contributed by atoms with Gasteiger partial charge in [0.1, 0.15) is 0 Å². The predicted octanol–water partition coefficient (Wildman–Crippen LogP) is 0.616. The zero-order valence-corrected chi connectivity index (χ0v) is 7.49. The first kappa shape index (κ1) is 7.61. The lowest BCUT2D eigenvalue weighted by Gasteiger charge is -2.32. The monoisotopic (exact) mass is 166 g/mol. The Hall–Kier alpha value is -1.03. The second-order valence-corrected chi connectivity index (χ2v) is 3.29. The molecule has 2 heterocycles. The molecule has 12 heavy (non-hydrogen) atoms. The third kappa shape index (κ3) is 1.08. The van der Waals surface area contributed by atoms with Gasteiger partial charge in [0, 0.05) is 31.5 Å². The second-order valence-electron chi connectivity index (χ2n) is 3.29. The van der Waals surface area contributed by atoms with Gasteiger partial charge in [0.15, 0.2) is 0 Å². The fraction of sp³-hybridized carbons (Fsp3) is 0.625. The molecule has 1 aliphatic heterocycles. The van der Waals surface area contributed by atoms with Crippen LogP contribution >= 0.6 is 0 Å². The van der Waals surface area contributed by atoms with Gasteiger partial charge in [-0.3, -0.25) is 5.01 Å². The number of fused-ring (bicyclic) bond motifs is 1. The summed E-state index contributed by atoms with van der Waals surface area (Å²) in [6, 6.07) is 0.450. The number of imidazole rings is 1. The van der Waals surface area contributed by atoms with Gasteiger partial charge < -0.3 is 4.57 Å². The summed E-state index contributed by atoms with van der Waals surface area (Å²) >= 11 is 0. The Morgan fingerprint density at radius 1 is 1.58 bits per heavy atom. The molecular formula is C8H14N4. The highest BCUT2D eigenvalue weighted by atomic mass is 15.6. The fourth-order valence-electron chi connectivity index (χ4n) is 1.47. The van der Waals surface area contributed by atoms with Crippen LogP contribution in [-0.4, -0.2) is 22.1 Å². The van der Waals surface area contributed by atoms with E-state index in [0.717, 1.165) is 19.0 Å². The van der Waals surface area contributed by atoms with Gasteiger partial charge in [0.05, 0.1) is 0 Å². The van der Waals surface area contributed by atoms with E-state index in [4.69, 9.17) is 0 Å². The van der Waals surface area contributed by atoms with Crippen LogP contribution in [0.3, 0.4) is 0 Å². The summed E-state index contributed by atoms with van der Waals surface area (Å²) in [7, 11) is 0. The van der Waals surface area contributed by atoms with Crippen molar-refractivity contribution in [3.63, 3.8) is 0 Å². The second kappa shape index (κ2) is 2.79. The number of aromatic nitrogens is 2. The molecule has 1 aromatic heterocycles. The Morgan fingerprint density at radius 3 is 3.17 bits per heavy atom. The van der Waals surface area contributed by atoms with Crippen molar-refractivity contribution in [2.75, 3.05) is 11.6 Å². The Morgan fingerprint density at radius 2 is 2.42 bits per heavy atom. The van der Waals surface area contributed by atoms with Crippen molar-refractivity contribution in [3.8, 4) is 0 Å². The molecule has 1 aromatic rings. The number of hydrogen-bond acceptors (Lipinski definition) is 3. The minimum Gasteiger partial charge on any atom is -0.315 e. The predicted molar refractivity (Wildman–Crippen MR) is 47.8 cm³/mol. The molecule has 0 aromatic carbocycles. The van der Waals surface area contributed by atoms with Gasteiger partial charge in [0.25, 0.3) is 0 Å². The number of rotatable bonds is 1. The Balaban J connectivity index is 2.31. The summed E-state index contributed by atoms with van der Waals surface area (Å²) < 4.78 is 2.16. The largest absolute Gasteiger partial charge is 0.315 e. The Labute approximate surface area is 72.2 Å². The lowest BCUT2D eigenvalue weighted by Crippen LogP contribution is -2.49. The standard InChI is InChI=1S/C8H14N4/c1-7(2)12-8-9-3-5-11(8)6-4-10-12/h3,5,7,10H,4,6H2,1-2H3. The van der Waals surface area contributed by atoms with Crippen molar-refractivity contribution in [1.29, 1.82) is 0 Å². The van der Waals surface area contributed by atoms with E-state index in [-0.39, 0.29) is 0 Å². The molecule has 1 aliphatic rings. The van der Waals surface area contributed by atoms with Crippen molar-refractivity contribution in [2.45, 2.75) is 26.4 Å². The number of nitrogens with one attached hydrogen (secondary N) is 1. The highest BCUT2D eigenvalue weighted by molar-refractivity contribution is 5.31.